The van der Waals surface area contributed by atoms with Crippen molar-refractivity contribution in [1.82, 2.24) is 10.2 Å². The molecule has 2 nitrogen and oxygen atoms in total. The Kier molecular flexibility index (Phi) is 4.03. The van der Waals surface area contributed by atoms with Crippen molar-refractivity contribution >= 4 is 22.9 Å². The number of thiophene rings is 1. The van der Waals surface area contributed by atoms with Crippen molar-refractivity contribution in [2.75, 3.05) is 20.1 Å². The van der Waals surface area contributed by atoms with E-state index in [-0.39, 0.29) is 0 Å². The molecule has 1 saturated heterocycles. The maximum atomic E-state index is 5.90. The Labute approximate surface area is 100 Å². The van der Waals surface area contributed by atoms with Gasteiger partial charge in [-0.15, -0.1) is 11.3 Å². The molecule has 15 heavy (non-hydrogen) atoms. The zero-order valence-electron chi connectivity index (χ0n) is 9.00. The quantitative estimate of drug-likeness (QED) is 0.876. The van der Waals surface area contributed by atoms with Gasteiger partial charge in [-0.3, -0.25) is 4.90 Å². The third-order valence-corrected chi connectivity index (χ3v) is 3.96. The molecule has 0 amide bonds. The number of hydrogen-bond donors (Lipinski definition) is 1. The van der Waals surface area contributed by atoms with Crippen molar-refractivity contribution in [3.63, 3.8) is 0 Å². The average molecular weight is 245 g/mol. The van der Waals surface area contributed by atoms with Gasteiger partial charge in [-0.25, -0.2) is 0 Å². The third kappa shape index (κ3) is 3.45. The van der Waals surface area contributed by atoms with E-state index >= 15 is 0 Å². The molecule has 1 aliphatic rings. The van der Waals surface area contributed by atoms with Gasteiger partial charge in [0.1, 0.15) is 0 Å². The van der Waals surface area contributed by atoms with Gasteiger partial charge in [0, 0.05) is 24.0 Å². The molecule has 0 saturated carbocycles. The minimum Gasteiger partial charge on any atom is -0.313 e. The molecule has 0 aliphatic carbocycles. The molecule has 1 aromatic heterocycles. The summed E-state index contributed by atoms with van der Waals surface area (Å²) in [6, 6.07) is 4.78. The average Bonchev–Trinajstić information content (AvgIpc) is 2.77. The number of nitrogens with one attached hydrogen (secondary N) is 1. The topological polar surface area (TPSA) is 15.3 Å². The number of hydrogen-bond acceptors (Lipinski definition) is 3. The second-order valence-corrected chi connectivity index (χ2v) is 6.00. The van der Waals surface area contributed by atoms with Crippen LogP contribution in [0.1, 0.15) is 17.7 Å². The van der Waals surface area contributed by atoms with Gasteiger partial charge in [-0.2, -0.15) is 0 Å². The van der Waals surface area contributed by atoms with Gasteiger partial charge in [0.05, 0.1) is 4.34 Å². The maximum Gasteiger partial charge on any atom is 0.0931 e. The Morgan fingerprint density at radius 1 is 1.60 bits per heavy atom. The molecule has 1 fully saturated rings. The minimum atomic E-state index is 0.686. The number of rotatable bonds is 4. The van der Waals surface area contributed by atoms with E-state index in [2.05, 4.69) is 23.3 Å². The van der Waals surface area contributed by atoms with Crippen molar-refractivity contribution in [3.05, 3.63) is 21.3 Å². The predicted octanol–water partition coefficient (Wildman–Crippen LogP) is 2.59. The van der Waals surface area contributed by atoms with E-state index in [1.807, 2.05) is 6.07 Å². The van der Waals surface area contributed by atoms with Crippen molar-refractivity contribution in [1.29, 1.82) is 0 Å². The van der Waals surface area contributed by atoms with E-state index in [0.29, 0.717) is 6.04 Å². The first-order chi connectivity index (χ1) is 7.24. The Balaban J connectivity index is 1.78. The molecule has 1 aromatic rings. The highest BCUT2D eigenvalue weighted by Gasteiger charge is 2.16. The van der Waals surface area contributed by atoms with E-state index in [4.69, 9.17) is 11.6 Å². The number of likely N-dealkylation sites (N-methyl/N-ethyl adjacent to an activating group) is 1. The van der Waals surface area contributed by atoms with E-state index in [1.165, 1.54) is 24.3 Å². The normalized spacial score (nSPS) is 21.4. The molecule has 2 heterocycles. The first-order valence-corrected chi connectivity index (χ1v) is 6.59. The van der Waals surface area contributed by atoms with Gasteiger partial charge in [0.15, 0.2) is 0 Å². The lowest BCUT2D eigenvalue weighted by Gasteiger charge is -2.20. The first kappa shape index (κ1) is 11.4. The Morgan fingerprint density at radius 2 is 2.47 bits per heavy atom. The predicted molar refractivity (Wildman–Crippen MR) is 66.7 cm³/mol. The molecule has 1 aliphatic heterocycles. The lowest BCUT2D eigenvalue weighted by atomic mass is 10.2. The molecule has 4 heteroatoms. The summed E-state index contributed by atoms with van der Waals surface area (Å²) >= 11 is 7.58. The zero-order chi connectivity index (χ0) is 10.7. The maximum absolute atomic E-state index is 5.90. The van der Waals surface area contributed by atoms with Crippen LogP contribution in [0.4, 0.5) is 0 Å². The Morgan fingerprint density at radius 3 is 3.07 bits per heavy atom. The second-order valence-electron chi connectivity index (χ2n) is 4.20. The highest BCUT2D eigenvalue weighted by molar-refractivity contribution is 7.16. The molecule has 0 spiro atoms. The standard InChI is InChI=1S/C11H17ClN2S/c1-14(7-9-3-2-6-13-9)8-10-4-5-11(12)15-10/h4-5,9,13H,2-3,6-8H2,1H3. The molecular formula is C11H17ClN2S. The SMILES string of the molecule is CN(Cc1ccc(Cl)s1)CC1CCCN1. The zero-order valence-corrected chi connectivity index (χ0v) is 10.6. The summed E-state index contributed by atoms with van der Waals surface area (Å²) < 4.78 is 0.886. The molecule has 84 valence electrons. The summed E-state index contributed by atoms with van der Waals surface area (Å²) in [5.74, 6) is 0. The monoisotopic (exact) mass is 244 g/mol. The summed E-state index contributed by atoms with van der Waals surface area (Å²) in [4.78, 5) is 3.71. The van der Waals surface area contributed by atoms with Crippen LogP contribution in [0.5, 0.6) is 0 Å². The van der Waals surface area contributed by atoms with Crippen LogP contribution in [0, 0.1) is 0 Å². The highest BCUT2D eigenvalue weighted by atomic mass is 35.5. The van der Waals surface area contributed by atoms with E-state index in [9.17, 15) is 0 Å². The van der Waals surface area contributed by atoms with Crippen molar-refractivity contribution in [3.8, 4) is 0 Å². The minimum absolute atomic E-state index is 0.686. The third-order valence-electron chi connectivity index (χ3n) is 2.75. The number of nitrogens with zero attached hydrogens (tertiary/aromatic N) is 1. The number of halogens is 1. The highest BCUT2D eigenvalue weighted by Crippen LogP contribution is 2.22. The van der Waals surface area contributed by atoms with Crippen LogP contribution in [0.15, 0.2) is 12.1 Å². The fourth-order valence-electron chi connectivity index (χ4n) is 2.06. The van der Waals surface area contributed by atoms with E-state index < -0.39 is 0 Å². The van der Waals surface area contributed by atoms with Crippen LogP contribution in [-0.4, -0.2) is 31.1 Å². The molecule has 0 aromatic carbocycles. The van der Waals surface area contributed by atoms with Crippen LogP contribution in [0.25, 0.3) is 0 Å². The van der Waals surface area contributed by atoms with Gasteiger partial charge < -0.3 is 5.32 Å². The molecule has 1 unspecified atom stereocenters. The largest absolute Gasteiger partial charge is 0.313 e. The smallest absolute Gasteiger partial charge is 0.0931 e. The van der Waals surface area contributed by atoms with E-state index in [0.717, 1.165) is 17.4 Å². The van der Waals surface area contributed by atoms with Crippen LogP contribution in [0.2, 0.25) is 4.34 Å². The van der Waals surface area contributed by atoms with Gasteiger partial charge >= 0.3 is 0 Å². The molecule has 0 bridgehead atoms. The summed E-state index contributed by atoms with van der Waals surface area (Å²) in [7, 11) is 2.17. The Hall–Kier alpha value is -0.0900. The van der Waals surface area contributed by atoms with Gasteiger partial charge in [-0.1, -0.05) is 11.6 Å². The summed E-state index contributed by atoms with van der Waals surface area (Å²) in [6.45, 7) is 3.33. The van der Waals surface area contributed by atoms with Gasteiger partial charge in [-0.05, 0) is 38.6 Å². The fraction of sp³-hybridized carbons (Fsp3) is 0.636. The van der Waals surface area contributed by atoms with Crippen molar-refractivity contribution < 1.29 is 0 Å². The van der Waals surface area contributed by atoms with Gasteiger partial charge in [0.2, 0.25) is 0 Å². The van der Waals surface area contributed by atoms with Crippen molar-refractivity contribution in [2.45, 2.75) is 25.4 Å². The van der Waals surface area contributed by atoms with Crippen LogP contribution in [0.3, 0.4) is 0 Å². The molecular weight excluding hydrogens is 228 g/mol. The molecule has 2 rings (SSSR count). The molecule has 1 N–H and O–H groups in total. The van der Waals surface area contributed by atoms with Crippen LogP contribution in [-0.2, 0) is 6.54 Å². The first-order valence-electron chi connectivity index (χ1n) is 5.40. The summed E-state index contributed by atoms with van der Waals surface area (Å²) in [5, 5.41) is 3.51. The van der Waals surface area contributed by atoms with Gasteiger partial charge in [0.25, 0.3) is 0 Å². The molecule has 1 atom stereocenters. The van der Waals surface area contributed by atoms with Crippen LogP contribution >= 0.6 is 22.9 Å². The van der Waals surface area contributed by atoms with Crippen LogP contribution < -0.4 is 5.32 Å². The second kappa shape index (κ2) is 5.30. The lowest BCUT2D eigenvalue weighted by molar-refractivity contribution is 0.295. The summed E-state index contributed by atoms with van der Waals surface area (Å²) in [6.07, 6.45) is 2.64. The fourth-order valence-corrected chi connectivity index (χ4v) is 3.22. The van der Waals surface area contributed by atoms with E-state index in [1.54, 1.807) is 11.3 Å². The van der Waals surface area contributed by atoms with Crippen molar-refractivity contribution in [2.24, 2.45) is 0 Å². The summed E-state index contributed by atoms with van der Waals surface area (Å²) in [5.41, 5.74) is 0. The lowest BCUT2D eigenvalue weighted by Crippen LogP contribution is -2.34. The Bertz CT molecular complexity index is 307. The molecule has 0 radical (unpaired) electrons.